The fourth-order valence-corrected chi connectivity index (χ4v) is 1.36. The zero-order valence-electron chi connectivity index (χ0n) is 7.31. The van der Waals surface area contributed by atoms with Gasteiger partial charge in [0.15, 0.2) is 5.75 Å². The summed E-state index contributed by atoms with van der Waals surface area (Å²) in [5.74, 6) is -0.0349. The Kier molecular flexibility index (Phi) is 3.17. The third kappa shape index (κ3) is 2.61. The first kappa shape index (κ1) is 10.4. The Balaban J connectivity index is 3.28. The smallest absolute Gasteiger partial charge is 0.160 e. The molecule has 0 atom stereocenters. The van der Waals surface area contributed by atoms with E-state index < -0.39 is 0 Å². The third-order valence-corrected chi connectivity index (χ3v) is 1.86. The van der Waals surface area contributed by atoms with Crippen LogP contribution in [0.25, 0.3) is 0 Å². The van der Waals surface area contributed by atoms with Gasteiger partial charge in [-0.1, -0.05) is 23.2 Å². The van der Waals surface area contributed by atoms with Crippen molar-refractivity contribution in [2.45, 2.75) is 13.8 Å². The van der Waals surface area contributed by atoms with Gasteiger partial charge < -0.3 is 5.11 Å². The number of rotatable bonds is 1. The SMILES string of the molecule is CC(C)=Nc1cc(Cl)cc(Cl)c1O. The summed E-state index contributed by atoms with van der Waals surface area (Å²) in [5, 5.41) is 10.1. The normalized spacial score (nSPS) is 9.85. The minimum Gasteiger partial charge on any atom is -0.504 e. The predicted octanol–water partition coefficient (Wildman–Crippen LogP) is 3.81. The lowest BCUT2D eigenvalue weighted by Crippen LogP contribution is -1.79. The molecule has 0 saturated carbocycles. The molecule has 1 N–H and O–H groups in total. The van der Waals surface area contributed by atoms with Crippen LogP contribution in [0.3, 0.4) is 0 Å². The minimum atomic E-state index is -0.0349. The van der Waals surface area contributed by atoms with Crippen molar-refractivity contribution in [2.24, 2.45) is 4.99 Å². The molecule has 70 valence electrons. The Bertz CT molecular complexity index is 357. The Morgan fingerprint density at radius 1 is 1.31 bits per heavy atom. The highest BCUT2D eigenvalue weighted by Crippen LogP contribution is 2.36. The van der Waals surface area contributed by atoms with Crippen molar-refractivity contribution in [1.29, 1.82) is 0 Å². The second kappa shape index (κ2) is 3.99. The first-order chi connectivity index (χ1) is 6.00. The Hall–Kier alpha value is -0.730. The van der Waals surface area contributed by atoms with Crippen LogP contribution in [0.5, 0.6) is 5.75 Å². The average molecular weight is 218 g/mol. The minimum absolute atomic E-state index is 0.0349. The van der Waals surface area contributed by atoms with Crippen LogP contribution in [0.1, 0.15) is 13.8 Å². The van der Waals surface area contributed by atoms with Gasteiger partial charge in [-0.3, -0.25) is 4.99 Å². The van der Waals surface area contributed by atoms with E-state index in [2.05, 4.69) is 4.99 Å². The molecule has 0 bridgehead atoms. The van der Waals surface area contributed by atoms with Crippen molar-refractivity contribution >= 4 is 34.6 Å². The number of hydrogen-bond donors (Lipinski definition) is 1. The summed E-state index contributed by atoms with van der Waals surface area (Å²) in [4.78, 5) is 4.08. The van der Waals surface area contributed by atoms with E-state index in [0.717, 1.165) is 5.71 Å². The Morgan fingerprint density at radius 2 is 1.92 bits per heavy atom. The van der Waals surface area contributed by atoms with Crippen molar-refractivity contribution in [3.05, 3.63) is 22.2 Å². The van der Waals surface area contributed by atoms with Gasteiger partial charge in [0, 0.05) is 10.7 Å². The summed E-state index contributed by atoms with van der Waals surface area (Å²) in [7, 11) is 0. The van der Waals surface area contributed by atoms with Crippen LogP contribution in [0.4, 0.5) is 5.69 Å². The van der Waals surface area contributed by atoms with Crippen molar-refractivity contribution in [2.75, 3.05) is 0 Å². The standard InChI is InChI=1S/C9H9Cl2NO/c1-5(2)12-8-4-6(10)3-7(11)9(8)13/h3-4,13H,1-2H3. The molecule has 1 aromatic rings. The van der Waals surface area contributed by atoms with Crippen LogP contribution in [0.2, 0.25) is 10.0 Å². The summed E-state index contributed by atoms with van der Waals surface area (Å²) >= 11 is 11.4. The molecule has 0 aliphatic heterocycles. The number of phenols is 1. The highest BCUT2D eigenvalue weighted by Gasteiger charge is 2.06. The number of nitrogens with zero attached hydrogens (tertiary/aromatic N) is 1. The first-order valence-electron chi connectivity index (χ1n) is 3.70. The molecule has 0 spiro atoms. The molecular weight excluding hydrogens is 209 g/mol. The molecule has 4 heteroatoms. The number of phenolic OH excluding ortho intramolecular Hbond substituents is 1. The Morgan fingerprint density at radius 3 is 2.46 bits per heavy atom. The number of hydrogen-bond acceptors (Lipinski definition) is 2. The van der Waals surface area contributed by atoms with Gasteiger partial charge in [0.2, 0.25) is 0 Å². The van der Waals surface area contributed by atoms with Crippen LogP contribution < -0.4 is 0 Å². The van der Waals surface area contributed by atoms with E-state index in [4.69, 9.17) is 23.2 Å². The molecule has 0 aliphatic rings. The lowest BCUT2D eigenvalue weighted by Gasteiger charge is -2.02. The quantitative estimate of drug-likeness (QED) is 0.714. The molecule has 1 rings (SSSR count). The maximum absolute atomic E-state index is 9.47. The molecular formula is C9H9Cl2NO. The van der Waals surface area contributed by atoms with E-state index in [1.165, 1.54) is 6.07 Å². The summed E-state index contributed by atoms with van der Waals surface area (Å²) in [5.41, 5.74) is 1.23. The molecule has 0 aliphatic carbocycles. The first-order valence-corrected chi connectivity index (χ1v) is 4.46. The van der Waals surface area contributed by atoms with Crippen LogP contribution in [-0.2, 0) is 0 Å². The van der Waals surface area contributed by atoms with E-state index in [9.17, 15) is 5.11 Å². The predicted molar refractivity (Wildman–Crippen MR) is 56.6 cm³/mol. The summed E-state index contributed by atoms with van der Waals surface area (Å²) in [6, 6.07) is 3.04. The van der Waals surface area contributed by atoms with Crippen LogP contribution >= 0.6 is 23.2 Å². The van der Waals surface area contributed by atoms with Crippen LogP contribution in [0, 0.1) is 0 Å². The molecule has 0 unspecified atom stereocenters. The number of halogens is 2. The second-order valence-electron chi connectivity index (χ2n) is 2.81. The molecule has 0 heterocycles. The van der Waals surface area contributed by atoms with Crippen LogP contribution in [0.15, 0.2) is 17.1 Å². The topological polar surface area (TPSA) is 32.6 Å². The lowest BCUT2D eigenvalue weighted by atomic mass is 10.3. The highest BCUT2D eigenvalue weighted by atomic mass is 35.5. The van der Waals surface area contributed by atoms with Crippen molar-refractivity contribution in [1.82, 2.24) is 0 Å². The summed E-state index contributed by atoms with van der Waals surface area (Å²) < 4.78 is 0. The largest absolute Gasteiger partial charge is 0.504 e. The average Bonchev–Trinajstić information content (AvgIpc) is 1.98. The monoisotopic (exact) mass is 217 g/mol. The highest BCUT2D eigenvalue weighted by molar-refractivity contribution is 6.36. The number of aromatic hydroxyl groups is 1. The van der Waals surface area contributed by atoms with E-state index in [1.807, 2.05) is 13.8 Å². The molecule has 1 aromatic carbocycles. The lowest BCUT2D eigenvalue weighted by molar-refractivity contribution is 0.477. The fraction of sp³-hybridized carbons (Fsp3) is 0.222. The van der Waals surface area contributed by atoms with Gasteiger partial charge in [-0.25, -0.2) is 0 Å². The maximum Gasteiger partial charge on any atom is 0.160 e. The molecule has 2 nitrogen and oxygen atoms in total. The molecule has 0 saturated heterocycles. The molecule has 0 fully saturated rings. The zero-order chi connectivity index (χ0) is 10.0. The summed E-state index contributed by atoms with van der Waals surface area (Å²) in [6.45, 7) is 3.66. The Labute approximate surface area is 86.8 Å². The van der Waals surface area contributed by atoms with E-state index in [-0.39, 0.29) is 10.8 Å². The molecule has 0 radical (unpaired) electrons. The van der Waals surface area contributed by atoms with Gasteiger partial charge in [-0.05, 0) is 26.0 Å². The molecule has 0 amide bonds. The number of benzene rings is 1. The molecule has 0 aromatic heterocycles. The second-order valence-corrected chi connectivity index (χ2v) is 3.66. The van der Waals surface area contributed by atoms with Gasteiger partial charge in [0.05, 0.1) is 5.02 Å². The van der Waals surface area contributed by atoms with E-state index in [0.29, 0.717) is 10.7 Å². The van der Waals surface area contributed by atoms with Gasteiger partial charge in [-0.2, -0.15) is 0 Å². The zero-order valence-corrected chi connectivity index (χ0v) is 8.82. The van der Waals surface area contributed by atoms with E-state index in [1.54, 1.807) is 6.07 Å². The van der Waals surface area contributed by atoms with Gasteiger partial charge in [0.1, 0.15) is 5.69 Å². The van der Waals surface area contributed by atoms with Gasteiger partial charge in [0.25, 0.3) is 0 Å². The van der Waals surface area contributed by atoms with Crippen LogP contribution in [-0.4, -0.2) is 10.8 Å². The fourth-order valence-electron chi connectivity index (χ4n) is 0.879. The molecule has 13 heavy (non-hydrogen) atoms. The summed E-state index contributed by atoms with van der Waals surface area (Å²) in [6.07, 6.45) is 0. The van der Waals surface area contributed by atoms with E-state index >= 15 is 0 Å². The van der Waals surface area contributed by atoms with Gasteiger partial charge >= 0.3 is 0 Å². The van der Waals surface area contributed by atoms with Gasteiger partial charge in [-0.15, -0.1) is 0 Å². The van der Waals surface area contributed by atoms with Crippen molar-refractivity contribution in [3.63, 3.8) is 0 Å². The van der Waals surface area contributed by atoms with Crippen molar-refractivity contribution < 1.29 is 5.11 Å². The number of aliphatic imine (C=N–C) groups is 1. The third-order valence-electron chi connectivity index (χ3n) is 1.35. The maximum atomic E-state index is 9.47. The van der Waals surface area contributed by atoms with Crippen molar-refractivity contribution in [3.8, 4) is 5.75 Å².